The van der Waals surface area contributed by atoms with E-state index in [1.165, 1.54) is 14.2 Å². The average Bonchev–Trinajstić information content (AvgIpc) is 2.80. The molecule has 1 aromatic heterocycles. The molecule has 0 bridgehead atoms. The zero-order valence-corrected chi connectivity index (χ0v) is 11.9. The number of benzene rings is 1. The minimum Gasteiger partial charge on any atom is -0.493 e. The lowest BCUT2D eigenvalue weighted by Gasteiger charge is -2.11. The van der Waals surface area contributed by atoms with E-state index in [0.29, 0.717) is 28.0 Å². The second-order valence-electron chi connectivity index (χ2n) is 4.01. The first-order chi connectivity index (χ1) is 9.47. The number of rotatable bonds is 4. The highest BCUT2D eigenvalue weighted by Crippen LogP contribution is 2.40. The van der Waals surface area contributed by atoms with Crippen LogP contribution in [0.3, 0.4) is 0 Å². The Kier molecular flexibility index (Phi) is 4.17. The first-order valence-electron chi connectivity index (χ1n) is 5.73. The Morgan fingerprint density at radius 1 is 1.20 bits per heavy atom. The van der Waals surface area contributed by atoms with Crippen LogP contribution < -0.4 is 9.47 Å². The number of hydrogen-bond acceptors (Lipinski definition) is 6. The van der Waals surface area contributed by atoms with Gasteiger partial charge in [-0.1, -0.05) is 11.6 Å². The molecule has 7 heteroatoms. The van der Waals surface area contributed by atoms with Crippen molar-refractivity contribution in [2.75, 3.05) is 14.2 Å². The zero-order valence-electron chi connectivity index (χ0n) is 11.2. The van der Waals surface area contributed by atoms with Crippen molar-refractivity contribution in [3.8, 4) is 22.8 Å². The van der Waals surface area contributed by atoms with E-state index in [-0.39, 0.29) is 11.5 Å². The van der Waals surface area contributed by atoms with Crippen molar-refractivity contribution >= 4 is 11.6 Å². The highest BCUT2D eigenvalue weighted by Gasteiger charge is 2.22. The number of ether oxygens (including phenoxy) is 2. The third-order valence-corrected chi connectivity index (χ3v) is 3.04. The molecule has 0 radical (unpaired) electrons. The molecule has 0 fully saturated rings. The van der Waals surface area contributed by atoms with Crippen molar-refractivity contribution < 1.29 is 24.1 Å². The standard InChI is InChI=1S/C13H14ClNO5/c1-6-15-11(13(16)17)12(20-6)7-4-9(18-2)10(19-3)5-8(7)14/h4-5,13,16-17H,1-3H3. The first kappa shape index (κ1) is 14.6. The molecule has 2 aromatic rings. The number of nitrogens with zero attached hydrogens (tertiary/aromatic N) is 1. The summed E-state index contributed by atoms with van der Waals surface area (Å²) in [6.45, 7) is 1.60. The van der Waals surface area contributed by atoms with Crippen LogP contribution in [0.5, 0.6) is 11.5 Å². The van der Waals surface area contributed by atoms with Crippen LogP contribution in [0.4, 0.5) is 0 Å². The molecule has 6 nitrogen and oxygen atoms in total. The van der Waals surface area contributed by atoms with Gasteiger partial charge in [0.15, 0.2) is 29.4 Å². The monoisotopic (exact) mass is 299 g/mol. The molecule has 0 unspecified atom stereocenters. The molecular weight excluding hydrogens is 286 g/mol. The predicted molar refractivity (Wildman–Crippen MR) is 72.0 cm³/mol. The molecule has 1 heterocycles. The molecule has 1 aromatic carbocycles. The van der Waals surface area contributed by atoms with Crippen LogP contribution in [0.1, 0.15) is 17.9 Å². The number of aryl methyl sites for hydroxylation is 1. The summed E-state index contributed by atoms with van der Waals surface area (Å²) in [6, 6.07) is 3.15. The molecule has 0 saturated heterocycles. The van der Waals surface area contributed by atoms with Gasteiger partial charge < -0.3 is 24.1 Å². The van der Waals surface area contributed by atoms with Gasteiger partial charge in [0.05, 0.1) is 19.2 Å². The van der Waals surface area contributed by atoms with Gasteiger partial charge in [0.2, 0.25) is 0 Å². The molecule has 0 aliphatic rings. The number of hydrogen-bond donors (Lipinski definition) is 2. The minimum absolute atomic E-state index is 0.00313. The highest BCUT2D eigenvalue weighted by atomic mass is 35.5. The summed E-state index contributed by atoms with van der Waals surface area (Å²) in [5.41, 5.74) is 0.435. The van der Waals surface area contributed by atoms with E-state index in [9.17, 15) is 10.2 Å². The summed E-state index contributed by atoms with van der Waals surface area (Å²) in [5.74, 6) is 1.39. The molecular formula is C13H14ClNO5. The van der Waals surface area contributed by atoms with Gasteiger partial charge >= 0.3 is 0 Å². The molecule has 0 saturated carbocycles. The molecule has 2 rings (SSSR count). The Morgan fingerprint density at radius 2 is 1.80 bits per heavy atom. The predicted octanol–water partition coefficient (Wildman–Crippen LogP) is 2.30. The highest BCUT2D eigenvalue weighted by molar-refractivity contribution is 6.33. The van der Waals surface area contributed by atoms with Crippen LogP contribution in [-0.4, -0.2) is 29.4 Å². The van der Waals surface area contributed by atoms with Crippen molar-refractivity contribution in [2.45, 2.75) is 13.2 Å². The van der Waals surface area contributed by atoms with E-state index in [4.69, 9.17) is 25.5 Å². The van der Waals surface area contributed by atoms with Crippen molar-refractivity contribution in [2.24, 2.45) is 0 Å². The summed E-state index contributed by atoms with van der Waals surface area (Å²) in [7, 11) is 2.98. The van der Waals surface area contributed by atoms with Crippen LogP contribution >= 0.6 is 11.6 Å². The van der Waals surface area contributed by atoms with Crippen molar-refractivity contribution in [1.82, 2.24) is 4.98 Å². The lowest BCUT2D eigenvalue weighted by atomic mass is 10.1. The van der Waals surface area contributed by atoms with Crippen LogP contribution in [0, 0.1) is 6.92 Å². The smallest absolute Gasteiger partial charge is 0.200 e. The Morgan fingerprint density at radius 3 is 2.35 bits per heavy atom. The van der Waals surface area contributed by atoms with Gasteiger partial charge in [0.25, 0.3) is 0 Å². The van der Waals surface area contributed by atoms with Crippen LogP contribution in [0.2, 0.25) is 5.02 Å². The topological polar surface area (TPSA) is 85.0 Å². The van der Waals surface area contributed by atoms with Crippen LogP contribution in [-0.2, 0) is 0 Å². The average molecular weight is 300 g/mol. The fraction of sp³-hybridized carbons (Fsp3) is 0.308. The summed E-state index contributed by atoms with van der Waals surface area (Å²) in [4.78, 5) is 3.93. The molecule has 0 aliphatic heterocycles. The normalized spacial score (nSPS) is 10.9. The van der Waals surface area contributed by atoms with Crippen molar-refractivity contribution in [3.05, 3.63) is 28.7 Å². The summed E-state index contributed by atoms with van der Waals surface area (Å²) < 4.78 is 15.7. The summed E-state index contributed by atoms with van der Waals surface area (Å²) in [5, 5.41) is 19.0. The van der Waals surface area contributed by atoms with E-state index in [1.807, 2.05) is 0 Å². The Labute approximate surface area is 120 Å². The second-order valence-corrected chi connectivity index (χ2v) is 4.42. The molecule has 0 aliphatic carbocycles. The van der Waals surface area contributed by atoms with Gasteiger partial charge in [-0.05, 0) is 6.07 Å². The molecule has 0 spiro atoms. The second kappa shape index (κ2) is 5.70. The van der Waals surface area contributed by atoms with Gasteiger partial charge in [0.1, 0.15) is 5.69 Å². The molecule has 108 valence electrons. The Hall–Kier alpha value is -1.76. The van der Waals surface area contributed by atoms with E-state index in [1.54, 1.807) is 19.1 Å². The molecule has 0 amide bonds. The summed E-state index contributed by atoms with van der Waals surface area (Å²) >= 11 is 6.17. The molecule has 2 N–H and O–H groups in total. The van der Waals surface area contributed by atoms with Crippen molar-refractivity contribution in [3.63, 3.8) is 0 Å². The van der Waals surface area contributed by atoms with Gasteiger partial charge in [-0.25, -0.2) is 4.98 Å². The lowest BCUT2D eigenvalue weighted by molar-refractivity contribution is -0.0453. The van der Waals surface area contributed by atoms with Crippen molar-refractivity contribution in [1.29, 1.82) is 0 Å². The van der Waals surface area contributed by atoms with E-state index in [2.05, 4.69) is 4.98 Å². The maximum Gasteiger partial charge on any atom is 0.200 e. The Balaban J connectivity index is 2.63. The first-order valence-corrected chi connectivity index (χ1v) is 6.11. The Bertz CT molecular complexity index is 623. The number of aliphatic hydroxyl groups excluding tert-OH is 1. The lowest BCUT2D eigenvalue weighted by Crippen LogP contribution is -1.98. The van der Waals surface area contributed by atoms with Gasteiger partial charge in [0, 0.05) is 18.6 Å². The van der Waals surface area contributed by atoms with E-state index < -0.39 is 6.29 Å². The minimum atomic E-state index is -1.76. The van der Waals surface area contributed by atoms with E-state index in [0.717, 1.165) is 0 Å². The summed E-state index contributed by atoms with van der Waals surface area (Å²) in [6.07, 6.45) is -1.76. The molecule has 20 heavy (non-hydrogen) atoms. The number of aliphatic hydroxyl groups is 2. The number of aromatic nitrogens is 1. The van der Waals surface area contributed by atoms with E-state index >= 15 is 0 Å². The maximum absolute atomic E-state index is 9.33. The quantitative estimate of drug-likeness (QED) is 0.843. The maximum atomic E-state index is 9.33. The zero-order chi connectivity index (χ0) is 14.9. The number of methoxy groups -OCH3 is 2. The molecule has 0 atom stereocenters. The SMILES string of the molecule is COc1cc(Cl)c(-c2oc(C)nc2C(O)O)cc1OC. The van der Waals surface area contributed by atoms with Gasteiger partial charge in [-0.3, -0.25) is 0 Å². The number of halogens is 1. The van der Waals surface area contributed by atoms with Gasteiger partial charge in [-0.15, -0.1) is 0 Å². The third-order valence-electron chi connectivity index (χ3n) is 2.72. The fourth-order valence-corrected chi connectivity index (χ4v) is 2.08. The fourth-order valence-electron chi connectivity index (χ4n) is 1.84. The largest absolute Gasteiger partial charge is 0.493 e. The van der Waals surface area contributed by atoms with Crippen LogP contribution in [0.25, 0.3) is 11.3 Å². The number of oxazole rings is 1. The van der Waals surface area contributed by atoms with Crippen LogP contribution in [0.15, 0.2) is 16.5 Å². The third kappa shape index (κ3) is 2.58. The van der Waals surface area contributed by atoms with Gasteiger partial charge in [-0.2, -0.15) is 0 Å².